The van der Waals surface area contributed by atoms with E-state index in [1.165, 1.54) is 19.7 Å². The number of hydrogen-bond acceptors (Lipinski definition) is 3. The van der Waals surface area contributed by atoms with E-state index in [1.807, 2.05) is 0 Å². The summed E-state index contributed by atoms with van der Waals surface area (Å²) in [4.78, 5) is 3.74. The van der Waals surface area contributed by atoms with Gasteiger partial charge in [0.2, 0.25) is 0 Å². The van der Waals surface area contributed by atoms with Gasteiger partial charge in [-0.25, -0.2) is 9.37 Å². The van der Waals surface area contributed by atoms with E-state index in [9.17, 15) is 4.39 Å². The highest BCUT2D eigenvalue weighted by Gasteiger charge is 2.16. The maximum Gasteiger partial charge on any atom is 0.181 e. The monoisotopic (exact) mass is 271 g/mol. The van der Waals surface area contributed by atoms with E-state index in [4.69, 9.17) is 9.15 Å². The van der Waals surface area contributed by atoms with Gasteiger partial charge in [-0.05, 0) is 28.1 Å². The Balaban J connectivity index is 2.64. The second-order valence-corrected chi connectivity index (χ2v) is 3.66. The minimum Gasteiger partial charge on any atom is -0.494 e. The van der Waals surface area contributed by atoms with Gasteiger partial charge in [0, 0.05) is 4.47 Å². The first-order valence-corrected chi connectivity index (χ1v) is 4.94. The number of benzene rings is 1. The summed E-state index contributed by atoms with van der Waals surface area (Å²) in [6.07, 6.45) is 2.70. The predicted molar refractivity (Wildman–Crippen MR) is 56.1 cm³/mol. The molecule has 78 valence electrons. The highest BCUT2D eigenvalue weighted by molar-refractivity contribution is 9.10. The Morgan fingerprint density at radius 1 is 1.47 bits per heavy atom. The molecule has 0 fully saturated rings. The first-order chi connectivity index (χ1) is 7.24. The summed E-state index contributed by atoms with van der Waals surface area (Å²) in [5.41, 5.74) is 0.312. The molecule has 0 saturated heterocycles. The Hall–Kier alpha value is -1.36. The van der Waals surface area contributed by atoms with Crippen molar-refractivity contribution in [3.8, 4) is 17.1 Å². The van der Waals surface area contributed by atoms with Gasteiger partial charge in [0.1, 0.15) is 0 Å². The van der Waals surface area contributed by atoms with Crippen molar-refractivity contribution in [2.24, 2.45) is 0 Å². The maximum atomic E-state index is 13.9. The maximum absolute atomic E-state index is 13.9. The molecule has 0 N–H and O–H groups in total. The van der Waals surface area contributed by atoms with E-state index in [-0.39, 0.29) is 5.75 Å². The molecule has 0 aliphatic rings. The number of oxazole rings is 1. The third-order valence-electron chi connectivity index (χ3n) is 1.95. The molecule has 0 saturated carbocycles. The first-order valence-electron chi connectivity index (χ1n) is 4.15. The third-order valence-corrected chi connectivity index (χ3v) is 2.62. The highest BCUT2D eigenvalue weighted by atomic mass is 79.9. The molecule has 5 heteroatoms. The van der Waals surface area contributed by atoms with Crippen molar-refractivity contribution in [3.05, 3.63) is 35.0 Å². The van der Waals surface area contributed by atoms with Crippen LogP contribution in [0.2, 0.25) is 0 Å². The fourth-order valence-electron chi connectivity index (χ4n) is 1.26. The highest BCUT2D eigenvalue weighted by Crippen LogP contribution is 2.35. The van der Waals surface area contributed by atoms with Crippen LogP contribution in [0.15, 0.2) is 33.6 Å². The summed E-state index contributed by atoms with van der Waals surface area (Å²) in [6, 6.07) is 3.24. The quantitative estimate of drug-likeness (QED) is 0.841. The van der Waals surface area contributed by atoms with Gasteiger partial charge in [-0.15, -0.1) is 0 Å². The molecule has 2 rings (SSSR count). The number of halogens is 2. The van der Waals surface area contributed by atoms with Gasteiger partial charge in [0.25, 0.3) is 0 Å². The van der Waals surface area contributed by atoms with Crippen LogP contribution in [0.1, 0.15) is 0 Å². The normalized spacial score (nSPS) is 10.3. The molecular weight excluding hydrogens is 265 g/mol. The molecule has 0 bridgehead atoms. The summed E-state index contributed by atoms with van der Waals surface area (Å²) < 4.78 is 24.4. The van der Waals surface area contributed by atoms with Crippen molar-refractivity contribution in [2.75, 3.05) is 7.11 Å². The average Bonchev–Trinajstić information content (AvgIpc) is 2.71. The molecule has 1 aromatic heterocycles. The van der Waals surface area contributed by atoms with Crippen LogP contribution in [0.25, 0.3) is 11.3 Å². The Bertz CT molecular complexity index is 471. The fraction of sp³-hybridized carbons (Fsp3) is 0.100. The zero-order chi connectivity index (χ0) is 10.8. The molecule has 0 spiro atoms. The Labute approximate surface area is 94.0 Å². The number of ether oxygens (including phenoxy) is 1. The molecule has 0 radical (unpaired) electrons. The number of nitrogens with zero attached hydrogens (tertiary/aromatic N) is 1. The van der Waals surface area contributed by atoms with Crippen LogP contribution in [-0.4, -0.2) is 12.1 Å². The molecule has 2 aromatic rings. The second-order valence-electron chi connectivity index (χ2n) is 2.80. The van der Waals surface area contributed by atoms with Crippen LogP contribution in [0.3, 0.4) is 0 Å². The van der Waals surface area contributed by atoms with Crippen LogP contribution < -0.4 is 4.74 Å². The summed E-state index contributed by atoms with van der Waals surface area (Å²) in [7, 11) is 1.41. The van der Waals surface area contributed by atoms with Crippen LogP contribution in [0.5, 0.6) is 5.75 Å². The SMILES string of the molecule is COc1ccc(Br)c(-c2cnco2)c1F. The minimum absolute atomic E-state index is 0.171. The molecule has 0 atom stereocenters. The standard InChI is InChI=1S/C10H7BrFNO2/c1-14-7-3-2-6(11)9(10(7)12)8-4-13-5-15-8/h2-5H,1H3. The van der Waals surface area contributed by atoms with Gasteiger partial charge >= 0.3 is 0 Å². The molecule has 0 unspecified atom stereocenters. The Morgan fingerprint density at radius 2 is 2.27 bits per heavy atom. The summed E-state index contributed by atoms with van der Waals surface area (Å²) in [6.45, 7) is 0. The largest absolute Gasteiger partial charge is 0.494 e. The van der Waals surface area contributed by atoms with Gasteiger partial charge in [0.15, 0.2) is 23.7 Å². The van der Waals surface area contributed by atoms with Gasteiger partial charge in [-0.2, -0.15) is 0 Å². The lowest BCUT2D eigenvalue weighted by atomic mass is 10.1. The summed E-state index contributed by atoms with van der Waals surface area (Å²) in [5, 5.41) is 0. The van der Waals surface area contributed by atoms with Crippen molar-refractivity contribution in [1.82, 2.24) is 4.98 Å². The molecule has 0 aliphatic carbocycles. The first kappa shape index (κ1) is 10.2. The van der Waals surface area contributed by atoms with E-state index in [1.54, 1.807) is 12.1 Å². The van der Waals surface area contributed by atoms with E-state index in [0.29, 0.717) is 15.8 Å². The lowest BCUT2D eigenvalue weighted by Gasteiger charge is -2.06. The van der Waals surface area contributed by atoms with Crippen LogP contribution >= 0.6 is 15.9 Å². The van der Waals surface area contributed by atoms with Crippen molar-refractivity contribution in [2.45, 2.75) is 0 Å². The van der Waals surface area contributed by atoms with Gasteiger partial charge in [0.05, 0.1) is 18.9 Å². The van der Waals surface area contributed by atoms with Crippen molar-refractivity contribution >= 4 is 15.9 Å². The summed E-state index contributed by atoms with van der Waals surface area (Å²) in [5.74, 6) is 0.0616. The Morgan fingerprint density at radius 3 is 2.87 bits per heavy atom. The molecule has 0 aliphatic heterocycles. The third kappa shape index (κ3) is 1.74. The topological polar surface area (TPSA) is 35.3 Å². The van der Waals surface area contributed by atoms with E-state index in [2.05, 4.69) is 20.9 Å². The smallest absolute Gasteiger partial charge is 0.181 e. The molecule has 15 heavy (non-hydrogen) atoms. The van der Waals surface area contributed by atoms with Crippen molar-refractivity contribution in [1.29, 1.82) is 0 Å². The molecule has 1 heterocycles. The molecule has 0 amide bonds. The number of aromatic nitrogens is 1. The number of hydrogen-bond donors (Lipinski definition) is 0. The van der Waals surface area contributed by atoms with E-state index in [0.717, 1.165) is 0 Å². The van der Waals surface area contributed by atoms with E-state index < -0.39 is 5.82 Å². The molecule has 1 aromatic carbocycles. The van der Waals surface area contributed by atoms with Crippen LogP contribution in [0.4, 0.5) is 4.39 Å². The van der Waals surface area contributed by atoms with Gasteiger partial charge in [-0.1, -0.05) is 0 Å². The van der Waals surface area contributed by atoms with Gasteiger partial charge in [-0.3, -0.25) is 0 Å². The average molecular weight is 272 g/mol. The lowest BCUT2D eigenvalue weighted by Crippen LogP contribution is -1.91. The van der Waals surface area contributed by atoms with Gasteiger partial charge < -0.3 is 9.15 Å². The zero-order valence-corrected chi connectivity index (χ0v) is 9.42. The number of rotatable bonds is 2. The Kier molecular flexibility index (Phi) is 2.73. The van der Waals surface area contributed by atoms with Crippen molar-refractivity contribution < 1.29 is 13.5 Å². The van der Waals surface area contributed by atoms with Crippen LogP contribution in [-0.2, 0) is 0 Å². The number of methoxy groups -OCH3 is 1. The zero-order valence-electron chi connectivity index (χ0n) is 7.83. The minimum atomic E-state index is -0.469. The molecular formula is C10H7BrFNO2. The molecule has 3 nitrogen and oxygen atoms in total. The van der Waals surface area contributed by atoms with E-state index >= 15 is 0 Å². The predicted octanol–water partition coefficient (Wildman–Crippen LogP) is 3.25. The summed E-state index contributed by atoms with van der Waals surface area (Å²) >= 11 is 3.25. The van der Waals surface area contributed by atoms with Crippen LogP contribution in [0, 0.1) is 5.82 Å². The lowest BCUT2D eigenvalue weighted by molar-refractivity contribution is 0.386. The van der Waals surface area contributed by atoms with Crippen molar-refractivity contribution in [3.63, 3.8) is 0 Å². The second kappa shape index (κ2) is 4.02. The fourth-order valence-corrected chi connectivity index (χ4v) is 1.76.